The van der Waals surface area contributed by atoms with Crippen molar-refractivity contribution < 1.29 is 18.7 Å². The molecule has 0 saturated carbocycles. The Hall–Kier alpha value is -3.61. The number of aromatic nitrogens is 1. The fourth-order valence-corrected chi connectivity index (χ4v) is 2.16. The molecule has 2 aromatic carbocycles. The molecule has 0 amide bonds. The Bertz CT molecular complexity index is 886. The maximum absolute atomic E-state index is 12.8. The Balaban J connectivity index is 1.55. The molecule has 3 aromatic rings. The van der Waals surface area contributed by atoms with Gasteiger partial charge in [0.2, 0.25) is 5.88 Å². The Morgan fingerprint density at radius 1 is 0.926 bits per heavy atom. The number of nitrogens with two attached hydrogens (primary N) is 1. The lowest BCUT2D eigenvalue weighted by Gasteiger charge is -2.09. The van der Waals surface area contributed by atoms with E-state index in [1.807, 2.05) is 30.3 Å². The molecule has 1 heterocycles. The van der Waals surface area contributed by atoms with Gasteiger partial charge in [0.1, 0.15) is 23.9 Å². The van der Waals surface area contributed by atoms with Crippen LogP contribution >= 0.6 is 0 Å². The van der Waals surface area contributed by atoms with Crippen molar-refractivity contribution in [2.45, 2.75) is 0 Å². The Morgan fingerprint density at radius 2 is 1.70 bits per heavy atom. The Kier molecular flexibility index (Phi) is 6.19. The number of hydrogen-bond acceptors (Lipinski definition) is 5. The van der Waals surface area contributed by atoms with Crippen molar-refractivity contribution in [3.8, 4) is 17.4 Å². The van der Waals surface area contributed by atoms with E-state index in [0.717, 1.165) is 0 Å². The molecule has 27 heavy (non-hydrogen) atoms. The fraction of sp³-hybridized carbons (Fsp3) is 0.100. The number of hydrogen-bond donors (Lipinski definition) is 1. The average molecular weight is 367 g/mol. The predicted octanol–water partition coefficient (Wildman–Crippen LogP) is 3.73. The van der Waals surface area contributed by atoms with Crippen molar-refractivity contribution in [2.75, 3.05) is 13.2 Å². The van der Waals surface area contributed by atoms with Crippen LogP contribution in [0.1, 0.15) is 5.56 Å². The zero-order valence-electron chi connectivity index (χ0n) is 14.4. The van der Waals surface area contributed by atoms with Crippen LogP contribution in [0.25, 0.3) is 0 Å². The molecular formula is C20H18FN3O3. The van der Waals surface area contributed by atoms with Gasteiger partial charge in [0.15, 0.2) is 12.4 Å². The summed E-state index contributed by atoms with van der Waals surface area (Å²) in [5.74, 6) is 1.33. The molecule has 138 valence electrons. The monoisotopic (exact) mass is 367 g/mol. The third-order valence-corrected chi connectivity index (χ3v) is 3.42. The molecular weight excluding hydrogens is 349 g/mol. The van der Waals surface area contributed by atoms with Gasteiger partial charge < -0.3 is 20.0 Å². The highest BCUT2D eigenvalue weighted by atomic mass is 19.1. The summed E-state index contributed by atoms with van der Waals surface area (Å²) >= 11 is 0. The van der Waals surface area contributed by atoms with E-state index in [1.165, 1.54) is 24.3 Å². The number of para-hydroxylation sites is 1. The van der Waals surface area contributed by atoms with E-state index in [2.05, 4.69) is 10.1 Å². The molecule has 6 nitrogen and oxygen atoms in total. The average Bonchev–Trinajstić information content (AvgIpc) is 2.70. The number of nitrogens with zero attached hydrogens (tertiary/aromatic N) is 2. The van der Waals surface area contributed by atoms with Gasteiger partial charge in [0.25, 0.3) is 0 Å². The molecule has 0 fully saturated rings. The van der Waals surface area contributed by atoms with Gasteiger partial charge in [-0.3, -0.25) is 0 Å². The highest BCUT2D eigenvalue weighted by molar-refractivity contribution is 5.99. The van der Waals surface area contributed by atoms with Crippen LogP contribution in [0, 0.1) is 5.82 Å². The van der Waals surface area contributed by atoms with Crippen LogP contribution in [0.4, 0.5) is 4.39 Å². The molecule has 7 heteroatoms. The lowest BCUT2D eigenvalue weighted by molar-refractivity contribution is 0.107. The van der Waals surface area contributed by atoms with Crippen molar-refractivity contribution >= 4 is 5.84 Å². The van der Waals surface area contributed by atoms with E-state index in [9.17, 15) is 4.39 Å². The number of pyridine rings is 1. The minimum Gasteiger partial charge on any atom is -0.490 e. The number of oxime groups is 1. The lowest BCUT2D eigenvalue weighted by Crippen LogP contribution is -2.16. The highest BCUT2D eigenvalue weighted by Gasteiger charge is 2.10. The molecule has 0 bridgehead atoms. The molecule has 3 rings (SSSR count). The van der Waals surface area contributed by atoms with E-state index >= 15 is 0 Å². The van der Waals surface area contributed by atoms with Crippen molar-refractivity contribution in [1.29, 1.82) is 0 Å². The first kappa shape index (κ1) is 18.2. The third-order valence-electron chi connectivity index (χ3n) is 3.42. The summed E-state index contributed by atoms with van der Waals surface area (Å²) in [6.45, 7) is 0.413. The number of ether oxygens (including phenoxy) is 2. The topological polar surface area (TPSA) is 79.0 Å². The van der Waals surface area contributed by atoms with E-state index in [-0.39, 0.29) is 24.9 Å². The van der Waals surface area contributed by atoms with Gasteiger partial charge in [-0.15, -0.1) is 0 Å². The number of halogens is 1. The number of benzene rings is 2. The van der Waals surface area contributed by atoms with Gasteiger partial charge in [0, 0.05) is 6.20 Å². The summed E-state index contributed by atoms with van der Waals surface area (Å²) in [7, 11) is 0. The Labute approximate surface area is 156 Å². The van der Waals surface area contributed by atoms with Gasteiger partial charge in [0.05, 0.1) is 5.56 Å². The second-order valence-electron chi connectivity index (χ2n) is 5.38. The van der Waals surface area contributed by atoms with Gasteiger partial charge >= 0.3 is 0 Å². The molecule has 0 spiro atoms. The van der Waals surface area contributed by atoms with Crippen molar-refractivity contribution in [1.82, 2.24) is 4.98 Å². The van der Waals surface area contributed by atoms with Crippen LogP contribution < -0.4 is 15.2 Å². The molecule has 0 radical (unpaired) electrons. The first-order chi connectivity index (χ1) is 13.2. The zero-order valence-corrected chi connectivity index (χ0v) is 14.4. The van der Waals surface area contributed by atoms with Crippen LogP contribution in [0.3, 0.4) is 0 Å². The van der Waals surface area contributed by atoms with E-state index in [4.69, 9.17) is 20.0 Å². The summed E-state index contributed by atoms with van der Waals surface area (Å²) in [5, 5.41) is 3.88. The van der Waals surface area contributed by atoms with Gasteiger partial charge in [-0.2, -0.15) is 0 Å². The van der Waals surface area contributed by atoms with E-state index in [0.29, 0.717) is 22.9 Å². The number of rotatable bonds is 8. The van der Waals surface area contributed by atoms with Gasteiger partial charge in [-0.1, -0.05) is 23.4 Å². The van der Waals surface area contributed by atoms with Crippen molar-refractivity contribution in [3.63, 3.8) is 0 Å². The van der Waals surface area contributed by atoms with Crippen LogP contribution in [0.2, 0.25) is 0 Å². The SMILES string of the molecule is NC(=NOCCOc1ccc(F)cc1)c1cccnc1Oc1ccccc1. The van der Waals surface area contributed by atoms with Gasteiger partial charge in [-0.25, -0.2) is 9.37 Å². The number of amidine groups is 1. The minimum absolute atomic E-state index is 0.135. The first-order valence-electron chi connectivity index (χ1n) is 8.24. The van der Waals surface area contributed by atoms with Crippen molar-refractivity contribution in [3.05, 3.63) is 84.3 Å². The van der Waals surface area contributed by atoms with E-state index in [1.54, 1.807) is 18.3 Å². The zero-order chi connectivity index (χ0) is 18.9. The maximum atomic E-state index is 12.8. The first-order valence-corrected chi connectivity index (χ1v) is 8.24. The highest BCUT2D eigenvalue weighted by Crippen LogP contribution is 2.22. The molecule has 0 atom stereocenters. The molecule has 1 aromatic heterocycles. The van der Waals surface area contributed by atoms with Gasteiger partial charge in [-0.05, 0) is 48.5 Å². The second-order valence-corrected chi connectivity index (χ2v) is 5.38. The molecule has 2 N–H and O–H groups in total. The van der Waals surface area contributed by atoms with Crippen LogP contribution in [-0.2, 0) is 4.84 Å². The van der Waals surface area contributed by atoms with Crippen LogP contribution in [-0.4, -0.2) is 24.0 Å². The second kappa shape index (κ2) is 9.19. The molecule has 0 unspecified atom stereocenters. The largest absolute Gasteiger partial charge is 0.490 e. The van der Waals surface area contributed by atoms with Crippen molar-refractivity contribution in [2.24, 2.45) is 10.9 Å². The summed E-state index contributed by atoms with van der Waals surface area (Å²) in [6, 6.07) is 18.4. The summed E-state index contributed by atoms with van der Waals surface area (Å²) in [4.78, 5) is 9.37. The normalized spacial score (nSPS) is 11.1. The molecule has 0 aliphatic carbocycles. The third kappa shape index (κ3) is 5.43. The van der Waals surface area contributed by atoms with E-state index < -0.39 is 0 Å². The smallest absolute Gasteiger partial charge is 0.230 e. The molecule has 0 aliphatic heterocycles. The maximum Gasteiger partial charge on any atom is 0.230 e. The molecule has 0 saturated heterocycles. The Morgan fingerprint density at radius 3 is 2.48 bits per heavy atom. The standard InChI is InChI=1S/C20H18FN3O3/c21-15-8-10-16(11-9-15)25-13-14-26-24-19(22)18-7-4-12-23-20(18)27-17-5-2-1-3-6-17/h1-12H,13-14H2,(H2,22,24). The lowest BCUT2D eigenvalue weighted by atomic mass is 10.2. The van der Waals surface area contributed by atoms with Crippen LogP contribution in [0.15, 0.2) is 78.1 Å². The summed E-state index contributed by atoms with van der Waals surface area (Å²) < 4.78 is 24.0. The fourth-order valence-electron chi connectivity index (χ4n) is 2.16. The quantitative estimate of drug-likeness (QED) is 0.284. The summed E-state index contributed by atoms with van der Waals surface area (Å²) in [6.07, 6.45) is 1.60. The predicted molar refractivity (Wildman–Crippen MR) is 99.3 cm³/mol. The van der Waals surface area contributed by atoms with Crippen LogP contribution in [0.5, 0.6) is 17.4 Å². The molecule has 0 aliphatic rings. The summed E-state index contributed by atoms with van der Waals surface area (Å²) in [5.41, 5.74) is 6.50. The minimum atomic E-state index is -0.319.